The SMILES string of the molecule is CCCCCCCCCCCCCCCCCCCCCCCCCC(=O)O[C@@H](CO)COC(=O)CCCCCCCCCCCCCCCCC. The van der Waals surface area contributed by atoms with Gasteiger partial charge in [0.1, 0.15) is 6.61 Å². The maximum atomic E-state index is 12.2. The fourth-order valence-corrected chi connectivity index (χ4v) is 7.32. The summed E-state index contributed by atoms with van der Waals surface area (Å²) in [6, 6.07) is 0. The first kappa shape index (κ1) is 50.9. The minimum atomic E-state index is -0.762. The Bertz CT molecular complexity index is 710. The molecule has 1 N–H and O–H groups in total. The lowest BCUT2D eigenvalue weighted by atomic mass is 10.0. The van der Waals surface area contributed by atoms with Crippen molar-refractivity contribution in [3.63, 3.8) is 0 Å². The summed E-state index contributed by atoms with van der Waals surface area (Å²) >= 11 is 0. The maximum Gasteiger partial charge on any atom is 0.306 e. The van der Waals surface area contributed by atoms with Gasteiger partial charge in [-0.3, -0.25) is 9.59 Å². The van der Waals surface area contributed by atoms with E-state index in [0.717, 1.165) is 32.1 Å². The van der Waals surface area contributed by atoms with Gasteiger partial charge in [-0.25, -0.2) is 0 Å². The Balaban J connectivity index is 3.43. The van der Waals surface area contributed by atoms with Gasteiger partial charge in [-0.2, -0.15) is 0 Å². The van der Waals surface area contributed by atoms with Crippen LogP contribution in [0.1, 0.15) is 271 Å². The van der Waals surface area contributed by atoms with Crippen LogP contribution in [-0.4, -0.2) is 36.4 Å². The van der Waals surface area contributed by atoms with Crippen molar-refractivity contribution < 1.29 is 24.2 Å². The Labute approximate surface area is 325 Å². The summed E-state index contributed by atoms with van der Waals surface area (Å²) in [5, 5.41) is 9.59. The molecule has 0 saturated heterocycles. The van der Waals surface area contributed by atoms with Crippen LogP contribution < -0.4 is 0 Å². The van der Waals surface area contributed by atoms with E-state index in [1.165, 1.54) is 212 Å². The zero-order valence-electron chi connectivity index (χ0n) is 35.4. The monoisotopic (exact) mass is 737 g/mol. The van der Waals surface area contributed by atoms with E-state index in [9.17, 15) is 14.7 Å². The molecule has 0 saturated carbocycles. The van der Waals surface area contributed by atoms with Gasteiger partial charge in [0.25, 0.3) is 0 Å². The highest BCUT2D eigenvalue weighted by atomic mass is 16.6. The Hall–Kier alpha value is -1.10. The lowest BCUT2D eigenvalue weighted by Crippen LogP contribution is -2.28. The molecule has 0 bridgehead atoms. The van der Waals surface area contributed by atoms with Gasteiger partial charge in [-0.05, 0) is 12.8 Å². The van der Waals surface area contributed by atoms with Gasteiger partial charge in [0, 0.05) is 12.8 Å². The van der Waals surface area contributed by atoms with Crippen LogP contribution in [-0.2, 0) is 19.1 Å². The van der Waals surface area contributed by atoms with Gasteiger partial charge in [0.05, 0.1) is 6.61 Å². The standard InChI is InChI=1S/C47H92O5/c1-3-5-7-9-11-13-15-17-19-20-21-22-23-24-25-26-28-30-32-34-36-38-40-42-47(50)52-45(43-48)44-51-46(49)41-39-37-35-33-31-29-27-18-16-14-12-10-8-6-4-2/h45,48H,3-44H2,1-2H3/t45-/m0/s1. The summed E-state index contributed by atoms with van der Waals surface area (Å²) in [6.45, 7) is 4.19. The van der Waals surface area contributed by atoms with E-state index in [1.54, 1.807) is 0 Å². The second-order valence-corrected chi connectivity index (χ2v) is 16.2. The van der Waals surface area contributed by atoms with Crippen LogP contribution in [0.4, 0.5) is 0 Å². The molecule has 0 aromatic carbocycles. The van der Waals surface area contributed by atoms with Crippen molar-refractivity contribution in [1.29, 1.82) is 0 Å². The van der Waals surface area contributed by atoms with Crippen LogP contribution in [0.15, 0.2) is 0 Å². The van der Waals surface area contributed by atoms with Crippen molar-refractivity contribution in [3.8, 4) is 0 Å². The molecule has 0 amide bonds. The summed E-state index contributed by atoms with van der Waals surface area (Å²) in [6.07, 6.45) is 50.4. The van der Waals surface area contributed by atoms with E-state index in [1.807, 2.05) is 0 Å². The summed E-state index contributed by atoms with van der Waals surface area (Å²) in [7, 11) is 0. The van der Waals surface area contributed by atoms with Gasteiger partial charge in [0.15, 0.2) is 6.10 Å². The summed E-state index contributed by atoms with van der Waals surface area (Å²) in [5.74, 6) is -0.569. The number of hydrogen-bond donors (Lipinski definition) is 1. The molecule has 52 heavy (non-hydrogen) atoms. The maximum absolute atomic E-state index is 12.2. The molecule has 5 nitrogen and oxygen atoms in total. The van der Waals surface area contributed by atoms with Crippen molar-refractivity contribution in [2.45, 2.75) is 277 Å². The average molecular weight is 737 g/mol. The number of rotatable bonds is 44. The fraction of sp³-hybridized carbons (Fsp3) is 0.957. The third kappa shape index (κ3) is 41.7. The molecule has 0 rings (SSSR count). The van der Waals surface area contributed by atoms with Crippen LogP contribution in [0.5, 0.6) is 0 Å². The second kappa shape index (κ2) is 44.3. The van der Waals surface area contributed by atoms with Crippen LogP contribution >= 0.6 is 0 Å². The first-order valence-corrected chi connectivity index (χ1v) is 23.6. The lowest BCUT2D eigenvalue weighted by molar-refractivity contribution is -0.161. The third-order valence-electron chi connectivity index (χ3n) is 10.9. The van der Waals surface area contributed by atoms with E-state index < -0.39 is 6.10 Å². The molecule has 0 aliphatic rings. The molecular weight excluding hydrogens is 645 g/mol. The molecular formula is C47H92O5. The average Bonchev–Trinajstić information content (AvgIpc) is 3.15. The Kier molecular flexibility index (Phi) is 43.4. The number of aliphatic hydroxyl groups excluding tert-OH is 1. The highest BCUT2D eigenvalue weighted by Crippen LogP contribution is 2.17. The zero-order chi connectivity index (χ0) is 37.8. The molecule has 0 aliphatic carbocycles. The molecule has 0 unspecified atom stereocenters. The predicted octanol–water partition coefficient (Wildman–Crippen LogP) is 15.1. The molecule has 0 fully saturated rings. The molecule has 0 radical (unpaired) electrons. The van der Waals surface area contributed by atoms with E-state index in [2.05, 4.69) is 13.8 Å². The number of unbranched alkanes of at least 4 members (excludes halogenated alkanes) is 36. The molecule has 1 atom stereocenters. The predicted molar refractivity (Wildman–Crippen MR) is 224 cm³/mol. The van der Waals surface area contributed by atoms with Crippen molar-refractivity contribution in [2.75, 3.05) is 13.2 Å². The minimum absolute atomic E-state index is 0.0563. The van der Waals surface area contributed by atoms with Crippen LogP contribution in [0.3, 0.4) is 0 Å². The third-order valence-corrected chi connectivity index (χ3v) is 10.9. The second-order valence-electron chi connectivity index (χ2n) is 16.2. The molecule has 0 aliphatic heterocycles. The number of ether oxygens (including phenoxy) is 2. The van der Waals surface area contributed by atoms with Crippen molar-refractivity contribution in [3.05, 3.63) is 0 Å². The van der Waals surface area contributed by atoms with Crippen LogP contribution in [0.2, 0.25) is 0 Å². The van der Waals surface area contributed by atoms with Crippen LogP contribution in [0, 0.1) is 0 Å². The van der Waals surface area contributed by atoms with Gasteiger partial charge in [-0.1, -0.05) is 245 Å². The van der Waals surface area contributed by atoms with Crippen molar-refractivity contribution >= 4 is 11.9 Å². The molecule has 0 heterocycles. The van der Waals surface area contributed by atoms with E-state index in [-0.39, 0.29) is 25.2 Å². The number of esters is 2. The van der Waals surface area contributed by atoms with E-state index >= 15 is 0 Å². The fourth-order valence-electron chi connectivity index (χ4n) is 7.32. The summed E-state index contributed by atoms with van der Waals surface area (Å²) < 4.78 is 10.7. The number of aliphatic hydroxyl groups is 1. The largest absolute Gasteiger partial charge is 0.462 e. The van der Waals surface area contributed by atoms with Gasteiger partial charge < -0.3 is 14.6 Å². The highest BCUT2D eigenvalue weighted by molar-refractivity contribution is 5.70. The van der Waals surface area contributed by atoms with Crippen LogP contribution in [0.25, 0.3) is 0 Å². The number of hydrogen-bond acceptors (Lipinski definition) is 5. The number of carbonyl (C=O) groups excluding carboxylic acids is 2. The number of carbonyl (C=O) groups is 2. The molecule has 5 heteroatoms. The topological polar surface area (TPSA) is 72.8 Å². The quantitative estimate of drug-likeness (QED) is 0.0498. The van der Waals surface area contributed by atoms with E-state index in [0.29, 0.717) is 12.8 Å². The molecule has 0 aromatic rings. The summed E-state index contributed by atoms with van der Waals surface area (Å²) in [4.78, 5) is 24.4. The van der Waals surface area contributed by atoms with Gasteiger partial charge in [0.2, 0.25) is 0 Å². The highest BCUT2D eigenvalue weighted by Gasteiger charge is 2.16. The molecule has 310 valence electrons. The normalized spacial score (nSPS) is 12.0. The van der Waals surface area contributed by atoms with Gasteiger partial charge in [-0.15, -0.1) is 0 Å². The first-order chi connectivity index (χ1) is 25.6. The van der Waals surface area contributed by atoms with Crippen molar-refractivity contribution in [1.82, 2.24) is 0 Å². The summed E-state index contributed by atoms with van der Waals surface area (Å²) in [5.41, 5.74) is 0. The Morgan fingerprint density at radius 1 is 0.365 bits per heavy atom. The zero-order valence-corrected chi connectivity index (χ0v) is 35.4. The Morgan fingerprint density at radius 2 is 0.596 bits per heavy atom. The van der Waals surface area contributed by atoms with Crippen molar-refractivity contribution in [2.24, 2.45) is 0 Å². The molecule has 0 spiro atoms. The Morgan fingerprint density at radius 3 is 0.846 bits per heavy atom. The van der Waals surface area contributed by atoms with Gasteiger partial charge >= 0.3 is 11.9 Å². The smallest absolute Gasteiger partial charge is 0.306 e. The lowest BCUT2D eigenvalue weighted by Gasteiger charge is -2.15. The molecule has 0 aromatic heterocycles. The minimum Gasteiger partial charge on any atom is -0.462 e. The van der Waals surface area contributed by atoms with E-state index in [4.69, 9.17) is 9.47 Å². The first-order valence-electron chi connectivity index (χ1n) is 23.6.